The summed E-state index contributed by atoms with van der Waals surface area (Å²) in [4.78, 5) is 0. The Kier molecular flexibility index (Phi) is 4.29. The van der Waals surface area contributed by atoms with Gasteiger partial charge in [-0.25, -0.2) is 0 Å². The number of methoxy groups -OCH3 is 1. The van der Waals surface area contributed by atoms with Crippen molar-refractivity contribution in [3.8, 4) is 5.75 Å². The summed E-state index contributed by atoms with van der Waals surface area (Å²) in [6, 6.07) is 7.83. The summed E-state index contributed by atoms with van der Waals surface area (Å²) in [6.07, 6.45) is 0.773. The molecule has 1 aromatic rings. The number of hydrogen-bond donors (Lipinski definition) is 2. The van der Waals surface area contributed by atoms with Gasteiger partial charge < -0.3 is 9.84 Å². The van der Waals surface area contributed by atoms with Crippen molar-refractivity contribution < 1.29 is 9.84 Å². The van der Waals surface area contributed by atoms with Crippen molar-refractivity contribution >= 4 is 12.6 Å². The van der Waals surface area contributed by atoms with E-state index in [9.17, 15) is 5.11 Å². The van der Waals surface area contributed by atoms with Gasteiger partial charge in [-0.05, 0) is 24.0 Å². The van der Waals surface area contributed by atoms with Gasteiger partial charge in [0.05, 0.1) is 12.5 Å². The normalized spacial score (nSPS) is 14.9. The highest BCUT2D eigenvalue weighted by atomic mass is 32.1. The quantitative estimate of drug-likeness (QED) is 0.591. The van der Waals surface area contributed by atoms with Crippen LogP contribution in [0, 0.1) is 5.92 Å². The lowest BCUT2D eigenvalue weighted by molar-refractivity contribution is 0.203. The maximum Gasteiger partial charge on any atom is 0.122 e. The van der Waals surface area contributed by atoms with E-state index in [4.69, 9.17) is 4.74 Å². The van der Waals surface area contributed by atoms with Crippen LogP contribution in [0.5, 0.6) is 5.75 Å². The highest BCUT2D eigenvalue weighted by Gasteiger charge is 2.12. The summed E-state index contributed by atoms with van der Waals surface area (Å²) in [5.74, 6) is 0.989. The van der Waals surface area contributed by atoms with Crippen molar-refractivity contribution in [1.82, 2.24) is 0 Å². The second-order valence-corrected chi connectivity index (χ2v) is 3.94. The molecule has 1 N–H and O–H groups in total. The Morgan fingerprint density at radius 2 is 2.07 bits per heavy atom. The third kappa shape index (κ3) is 2.93. The standard InChI is InChI=1S/C11H16O2S/c1-8(11(12)14)7-9-5-3-4-6-10(9)13-2/h3-6,8,11-12,14H,7H2,1-2H3. The minimum Gasteiger partial charge on any atom is -0.496 e. The van der Waals surface area contributed by atoms with Gasteiger partial charge in [0.25, 0.3) is 0 Å². The van der Waals surface area contributed by atoms with Gasteiger partial charge in [-0.3, -0.25) is 0 Å². The van der Waals surface area contributed by atoms with E-state index in [1.54, 1.807) is 7.11 Å². The average Bonchev–Trinajstić information content (AvgIpc) is 2.18. The van der Waals surface area contributed by atoms with E-state index in [-0.39, 0.29) is 5.92 Å². The number of aliphatic hydroxyl groups excluding tert-OH is 1. The number of thiol groups is 1. The lowest BCUT2D eigenvalue weighted by Gasteiger charge is -2.15. The van der Waals surface area contributed by atoms with Gasteiger partial charge in [0.15, 0.2) is 0 Å². The Bertz CT molecular complexity index is 286. The zero-order valence-corrected chi connectivity index (χ0v) is 9.37. The first kappa shape index (κ1) is 11.4. The maximum absolute atomic E-state index is 9.27. The highest BCUT2D eigenvalue weighted by Crippen LogP contribution is 2.22. The van der Waals surface area contributed by atoms with E-state index in [2.05, 4.69) is 12.6 Å². The van der Waals surface area contributed by atoms with Crippen LogP contribution >= 0.6 is 12.6 Å². The van der Waals surface area contributed by atoms with Gasteiger partial charge in [0.2, 0.25) is 0 Å². The lowest BCUT2D eigenvalue weighted by Crippen LogP contribution is -2.13. The third-order valence-corrected chi connectivity index (χ3v) is 2.75. The summed E-state index contributed by atoms with van der Waals surface area (Å²) in [6.45, 7) is 1.96. The largest absolute Gasteiger partial charge is 0.496 e. The van der Waals surface area contributed by atoms with Crippen LogP contribution in [0.2, 0.25) is 0 Å². The first-order valence-corrected chi connectivity index (χ1v) is 5.15. The molecule has 3 heteroatoms. The van der Waals surface area contributed by atoms with E-state index in [0.717, 1.165) is 17.7 Å². The summed E-state index contributed by atoms with van der Waals surface area (Å²) in [5.41, 5.74) is 0.524. The highest BCUT2D eigenvalue weighted by molar-refractivity contribution is 7.80. The fourth-order valence-corrected chi connectivity index (χ4v) is 1.43. The van der Waals surface area contributed by atoms with Crippen molar-refractivity contribution in [2.75, 3.05) is 7.11 Å². The number of rotatable bonds is 4. The fraction of sp³-hybridized carbons (Fsp3) is 0.455. The molecular formula is C11H16O2S. The lowest BCUT2D eigenvalue weighted by atomic mass is 10.0. The first-order chi connectivity index (χ1) is 6.65. The molecule has 0 spiro atoms. The molecule has 0 fully saturated rings. The van der Waals surface area contributed by atoms with Crippen LogP contribution in [-0.4, -0.2) is 17.7 Å². The molecule has 0 aromatic heterocycles. The summed E-state index contributed by atoms with van der Waals surface area (Å²) < 4.78 is 5.22. The number of para-hydroxylation sites is 1. The third-order valence-electron chi connectivity index (χ3n) is 2.24. The number of hydrogen-bond acceptors (Lipinski definition) is 3. The van der Waals surface area contributed by atoms with Crippen LogP contribution in [0.25, 0.3) is 0 Å². The molecule has 1 aromatic carbocycles. The Morgan fingerprint density at radius 3 is 2.64 bits per heavy atom. The Labute approximate surface area is 90.3 Å². The molecule has 0 heterocycles. The molecule has 0 saturated carbocycles. The fourth-order valence-electron chi connectivity index (χ4n) is 1.32. The van der Waals surface area contributed by atoms with Gasteiger partial charge in [0, 0.05) is 0 Å². The molecule has 1 rings (SSSR count). The van der Waals surface area contributed by atoms with Crippen LogP contribution in [0.4, 0.5) is 0 Å². The minimum absolute atomic E-state index is 0.120. The minimum atomic E-state index is -0.583. The molecule has 0 aliphatic carbocycles. The van der Waals surface area contributed by atoms with Crippen molar-refractivity contribution in [2.24, 2.45) is 5.92 Å². The average molecular weight is 212 g/mol. The smallest absolute Gasteiger partial charge is 0.122 e. The Morgan fingerprint density at radius 1 is 1.43 bits per heavy atom. The molecule has 2 unspecified atom stereocenters. The van der Waals surface area contributed by atoms with Gasteiger partial charge >= 0.3 is 0 Å². The monoisotopic (exact) mass is 212 g/mol. The van der Waals surface area contributed by atoms with Gasteiger partial charge in [-0.15, -0.1) is 12.6 Å². The SMILES string of the molecule is COc1ccccc1CC(C)C(O)S. The molecule has 0 aliphatic rings. The zero-order chi connectivity index (χ0) is 10.6. The zero-order valence-electron chi connectivity index (χ0n) is 8.47. The van der Waals surface area contributed by atoms with Crippen molar-refractivity contribution in [3.63, 3.8) is 0 Å². The van der Waals surface area contributed by atoms with Crippen LogP contribution in [0.1, 0.15) is 12.5 Å². The van der Waals surface area contributed by atoms with E-state index >= 15 is 0 Å². The number of aliphatic hydroxyl groups is 1. The summed E-state index contributed by atoms with van der Waals surface area (Å²) >= 11 is 4.00. The van der Waals surface area contributed by atoms with Gasteiger partial charge in [0.1, 0.15) is 5.75 Å². The Balaban J connectivity index is 2.75. The van der Waals surface area contributed by atoms with Crippen LogP contribution < -0.4 is 4.74 Å². The molecule has 0 radical (unpaired) electrons. The topological polar surface area (TPSA) is 29.5 Å². The number of benzene rings is 1. The van der Waals surface area contributed by atoms with Crippen LogP contribution in [-0.2, 0) is 6.42 Å². The maximum atomic E-state index is 9.27. The van der Waals surface area contributed by atoms with E-state index in [1.807, 2.05) is 31.2 Å². The second-order valence-electron chi connectivity index (χ2n) is 3.41. The molecular weight excluding hydrogens is 196 g/mol. The molecule has 0 aliphatic heterocycles. The molecule has 0 amide bonds. The van der Waals surface area contributed by atoms with E-state index in [1.165, 1.54) is 0 Å². The first-order valence-electron chi connectivity index (χ1n) is 4.63. The molecule has 14 heavy (non-hydrogen) atoms. The van der Waals surface area contributed by atoms with E-state index < -0.39 is 5.44 Å². The summed E-state index contributed by atoms with van der Waals surface area (Å²) in [5, 5.41) is 9.27. The number of ether oxygens (including phenoxy) is 1. The predicted octanol–water partition coefficient (Wildman–Crippen LogP) is 2.12. The molecule has 0 bridgehead atoms. The molecule has 2 atom stereocenters. The van der Waals surface area contributed by atoms with Crippen molar-refractivity contribution in [3.05, 3.63) is 29.8 Å². The second kappa shape index (κ2) is 5.27. The van der Waals surface area contributed by atoms with Gasteiger partial charge in [-0.2, -0.15) is 0 Å². The van der Waals surface area contributed by atoms with Crippen molar-refractivity contribution in [1.29, 1.82) is 0 Å². The van der Waals surface area contributed by atoms with Crippen molar-refractivity contribution in [2.45, 2.75) is 18.8 Å². The van der Waals surface area contributed by atoms with Crippen LogP contribution in [0.15, 0.2) is 24.3 Å². The predicted molar refractivity (Wildman–Crippen MR) is 60.9 cm³/mol. The summed E-state index contributed by atoms with van der Waals surface area (Å²) in [7, 11) is 1.65. The molecule has 2 nitrogen and oxygen atoms in total. The Hall–Kier alpha value is -0.670. The molecule has 0 saturated heterocycles. The van der Waals surface area contributed by atoms with Gasteiger partial charge in [-0.1, -0.05) is 25.1 Å². The van der Waals surface area contributed by atoms with Crippen LogP contribution in [0.3, 0.4) is 0 Å². The van der Waals surface area contributed by atoms with E-state index in [0.29, 0.717) is 0 Å². The molecule has 78 valence electrons.